The molecule has 1 atom stereocenters. The van der Waals surface area contributed by atoms with Crippen molar-refractivity contribution in [2.45, 2.75) is 25.6 Å². The van der Waals surface area contributed by atoms with Gasteiger partial charge in [0, 0.05) is 6.04 Å². The first kappa shape index (κ1) is 14.5. The van der Waals surface area contributed by atoms with Gasteiger partial charge in [-0.15, -0.1) is 0 Å². The van der Waals surface area contributed by atoms with Crippen LogP contribution >= 0.6 is 0 Å². The van der Waals surface area contributed by atoms with Gasteiger partial charge in [0.15, 0.2) is 0 Å². The van der Waals surface area contributed by atoms with E-state index in [-0.39, 0.29) is 6.42 Å². The molecule has 1 unspecified atom stereocenters. The van der Waals surface area contributed by atoms with Crippen LogP contribution in [-0.2, 0) is 11.0 Å². The number of aliphatic carboxylic acids is 1. The van der Waals surface area contributed by atoms with Crippen LogP contribution in [0.25, 0.3) is 0 Å². The predicted octanol–water partition coefficient (Wildman–Crippen LogP) is 2.83. The highest BCUT2D eigenvalue weighted by Gasteiger charge is 2.30. The lowest BCUT2D eigenvalue weighted by molar-refractivity contribution is -0.138. The second-order valence-electron chi connectivity index (χ2n) is 3.83. The van der Waals surface area contributed by atoms with Gasteiger partial charge in [-0.3, -0.25) is 4.79 Å². The molecule has 100 valence electrons. The average Bonchev–Trinajstić information content (AvgIpc) is 2.27. The Morgan fingerprint density at radius 3 is 2.28 bits per heavy atom. The van der Waals surface area contributed by atoms with Crippen molar-refractivity contribution in [1.29, 1.82) is 0 Å². The molecule has 0 fully saturated rings. The molecule has 0 aliphatic carbocycles. The maximum absolute atomic E-state index is 12.4. The molecular weight excluding hydrogens is 247 g/mol. The van der Waals surface area contributed by atoms with Gasteiger partial charge in [0.2, 0.25) is 0 Å². The Morgan fingerprint density at radius 2 is 1.89 bits per heavy atom. The van der Waals surface area contributed by atoms with Crippen LogP contribution < -0.4 is 5.32 Å². The maximum Gasteiger partial charge on any atom is 0.416 e. The van der Waals surface area contributed by atoms with Crippen molar-refractivity contribution in [2.75, 3.05) is 6.54 Å². The summed E-state index contributed by atoms with van der Waals surface area (Å²) in [5.41, 5.74) is -0.205. The number of carboxylic acids is 1. The fourth-order valence-electron chi connectivity index (χ4n) is 1.63. The molecule has 0 saturated heterocycles. The molecule has 1 rings (SSSR count). The molecule has 0 aliphatic rings. The standard InChI is InChI=1S/C12H14F3NO2/c1-2-16-10(7-11(17)18)8-3-5-9(6-4-8)12(13,14)15/h3-6,10,16H,2,7H2,1H3,(H,17,18). The van der Waals surface area contributed by atoms with Gasteiger partial charge in [-0.1, -0.05) is 19.1 Å². The summed E-state index contributed by atoms with van der Waals surface area (Å²) in [5, 5.41) is 11.7. The molecule has 3 nitrogen and oxygen atoms in total. The highest BCUT2D eigenvalue weighted by Crippen LogP contribution is 2.30. The van der Waals surface area contributed by atoms with E-state index < -0.39 is 23.8 Å². The van der Waals surface area contributed by atoms with Gasteiger partial charge in [0.25, 0.3) is 0 Å². The van der Waals surface area contributed by atoms with Crippen LogP contribution in [0.15, 0.2) is 24.3 Å². The summed E-state index contributed by atoms with van der Waals surface area (Å²) in [5.74, 6) is -0.999. The highest BCUT2D eigenvalue weighted by atomic mass is 19.4. The van der Waals surface area contributed by atoms with Crippen molar-refractivity contribution < 1.29 is 23.1 Å². The van der Waals surface area contributed by atoms with Crippen LogP contribution in [-0.4, -0.2) is 17.6 Å². The van der Waals surface area contributed by atoms with Crippen molar-refractivity contribution in [3.05, 3.63) is 35.4 Å². The van der Waals surface area contributed by atoms with Gasteiger partial charge < -0.3 is 10.4 Å². The Kier molecular flexibility index (Phi) is 4.72. The number of alkyl halides is 3. The summed E-state index contributed by atoms with van der Waals surface area (Å²) < 4.78 is 37.1. The number of halogens is 3. The van der Waals surface area contributed by atoms with Gasteiger partial charge in [0.1, 0.15) is 0 Å². The monoisotopic (exact) mass is 261 g/mol. The zero-order valence-electron chi connectivity index (χ0n) is 9.79. The number of hydrogen-bond donors (Lipinski definition) is 2. The molecule has 0 radical (unpaired) electrons. The fourth-order valence-corrected chi connectivity index (χ4v) is 1.63. The van der Waals surface area contributed by atoms with E-state index in [1.165, 1.54) is 12.1 Å². The van der Waals surface area contributed by atoms with Crippen molar-refractivity contribution in [3.8, 4) is 0 Å². The molecule has 18 heavy (non-hydrogen) atoms. The fraction of sp³-hybridized carbons (Fsp3) is 0.417. The number of nitrogens with one attached hydrogen (secondary N) is 1. The lowest BCUT2D eigenvalue weighted by Crippen LogP contribution is -2.23. The number of carboxylic acid groups (broad SMARTS) is 1. The Balaban J connectivity index is 2.90. The molecule has 6 heteroatoms. The van der Waals surface area contributed by atoms with E-state index in [1.54, 1.807) is 6.92 Å². The van der Waals surface area contributed by atoms with Gasteiger partial charge in [0.05, 0.1) is 12.0 Å². The first-order valence-corrected chi connectivity index (χ1v) is 5.47. The molecule has 0 aliphatic heterocycles. The topological polar surface area (TPSA) is 49.3 Å². The van der Waals surface area contributed by atoms with Crippen LogP contribution in [0, 0.1) is 0 Å². The molecule has 1 aromatic rings. The molecule has 0 saturated carbocycles. The molecule has 0 amide bonds. The van der Waals surface area contributed by atoms with Crippen molar-refractivity contribution >= 4 is 5.97 Å². The summed E-state index contributed by atoms with van der Waals surface area (Å²) in [6.45, 7) is 2.35. The van der Waals surface area contributed by atoms with Crippen molar-refractivity contribution in [1.82, 2.24) is 5.32 Å². The minimum absolute atomic E-state index is 0.167. The maximum atomic E-state index is 12.4. The third-order valence-corrected chi connectivity index (χ3v) is 2.47. The van der Waals surface area contributed by atoms with E-state index >= 15 is 0 Å². The Bertz CT molecular complexity index is 401. The summed E-state index contributed by atoms with van der Waals surface area (Å²) >= 11 is 0. The van der Waals surface area contributed by atoms with Gasteiger partial charge in [-0.2, -0.15) is 13.2 Å². The smallest absolute Gasteiger partial charge is 0.416 e. The van der Waals surface area contributed by atoms with E-state index in [4.69, 9.17) is 5.11 Å². The van der Waals surface area contributed by atoms with Crippen LogP contribution in [0.3, 0.4) is 0 Å². The van der Waals surface area contributed by atoms with Gasteiger partial charge in [-0.05, 0) is 24.2 Å². The summed E-state index contributed by atoms with van der Waals surface area (Å²) in [7, 11) is 0. The Labute approximate surface area is 103 Å². The molecule has 0 aromatic heterocycles. The Hall–Kier alpha value is -1.56. The van der Waals surface area contributed by atoms with Crippen LogP contribution in [0.2, 0.25) is 0 Å². The lowest BCUT2D eigenvalue weighted by Gasteiger charge is -2.17. The zero-order valence-corrected chi connectivity index (χ0v) is 9.79. The lowest BCUT2D eigenvalue weighted by atomic mass is 10.0. The normalized spacial score (nSPS) is 13.3. The number of rotatable bonds is 5. The third kappa shape index (κ3) is 4.03. The molecule has 0 bridgehead atoms. The average molecular weight is 261 g/mol. The van der Waals surface area contributed by atoms with Crippen LogP contribution in [0.5, 0.6) is 0 Å². The first-order chi connectivity index (χ1) is 8.34. The SMILES string of the molecule is CCNC(CC(=O)O)c1ccc(C(F)(F)F)cc1. The van der Waals surface area contributed by atoms with E-state index in [9.17, 15) is 18.0 Å². The highest BCUT2D eigenvalue weighted by molar-refractivity contribution is 5.67. The van der Waals surface area contributed by atoms with Crippen LogP contribution in [0.1, 0.15) is 30.5 Å². The number of carbonyl (C=O) groups is 1. The second kappa shape index (κ2) is 5.86. The molecular formula is C12H14F3NO2. The summed E-state index contributed by atoms with van der Waals surface area (Å²) in [4.78, 5) is 10.7. The van der Waals surface area contributed by atoms with E-state index in [0.717, 1.165) is 12.1 Å². The first-order valence-electron chi connectivity index (χ1n) is 5.47. The molecule has 0 heterocycles. The van der Waals surface area contributed by atoms with E-state index in [0.29, 0.717) is 12.1 Å². The molecule has 0 spiro atoms. The quantitative estimate of drug-likeness (QED) is 0.856. The van der Waals surface area contributed by atoms with E-state index in [2.05, 4.69) is 5.32 Å². The summed E-state index contributed by atoms with van der Waals surface area (Å²) in [6.07, 6.45) is -4.54. The number of benzene rings is 1. The Morgan fingerprint density at radius 1 is 1.33 bits per heavy atom. The molecule has 1 aromatic carbocycles. The van der Waals surface area contributed by atoms with E-state index in [1.807, 2.05) is 0 Å². The third-order valence-electron chi connectivity index (χ3n) is 2.47. The molecule has 2 N–H and O–H groups in total. The zero-order chi connectivity index (χ0) is 13.8. The largest absolute Gasteiger partial charge is 0.481 e. The minimum atomic E-state index is -4.38. The number of hydrogen-bond acceptors (Lipinski definition) is 2. The van der Waals surface area contributed by atoms with Gasteiger partial charge in [-0.25, -0.2) is 0 Å². The van der Waals surface area contributed by atoms with Crippen molar-refractivity contribution in [3.63, 3.8) is 0 Å². The minimum Gasteiger partial charge on any atom is -0.481 e. The predicted molar refractivity (Wildman–Crippen MR) is 60.1 cm³/mol. The van der Waals surface area contributed by atoms with Crippen LogP contribution in [0.4, 0.5) is 13.2 Å². The van der Waals surface area contributed by atoms with Crippen molar-refractivity contribution in [2.24, 2.45) is 0 Å². The van der Waals surface area contributed by atoms with Gasteiger partial charge >= 0.3 is 12.1 Å². The second-order valence-corrected chi connectivity index (χ2v) is 3.83. The summed E-state index contributed by atoms with van der Waals surface area (Å²) in [6, 6.07) is 4.05.